The fourth-order valence-electron chi connectivity index (χ4n) is 5.29. The van der Waals surface area contributed by atoms with Gasteiger partial charge in [0.1, 0.15) is 17.9 Å². The smallest absolute Gasteiger partial charge is 0.322 e. The van der Waals surface area contributed by atoms with Gasteiger partial charge in [-0.1, -0.05) is 47.5 Å². The summed E-state index contributed by atoms with van der Waals surface area (Å²) in [5, 5.41) is 9.81. The predicted octanol–water partition coefficient (Wildman–Crippen LogP) is 4.13. The van der Waals surface area contributed by atoms with E-state index < -0.39 is 33.5 Å². The summed E-state index contributed by atoms with van der Waals surface area (Å²) < 4.78 is 29.8. The lowest BCUT2D eigenvalue weighted by atomic mass is 9.91. The Morgan fingerprint density at radius 3 is 2.29 bits per heavy atom. The molecule has 6 rings (SSSR count). The number of sulfonamides is 1. The summed E-state index contributed by atoms with van der Waals surface area (Å²) in [5.74, 6) is -1.63. The maximum Gasteiger partial charge on any atom is 0.322 e. The van der Waals surface area contributed by atoms with Crippen molar-refractivity contribution in [3.63, 3.8) is 0 Å². The van der Waals surface area contributed by atoms with E-state index in [1.54, 1.807) is 19.3 Å². The van der Waals surface area contributed by atoms with Crippen molar-refractivity contribution in [2.24, 2.45) is 0 Å². The van der Waals surface area contributed by atoms with Gasteiger partial charge in [0.2, 0.25) is 5.95 Å². The van der Waals surface area contributed by atoms with Gasteiger partial charge in [-0.2, -0.15) is 4.31 Å². The van der Waals surface area contributed by atoms with Gasteiger partial charge in [-0.15, -0.1) is 0 Å². The first-order valence-electron chi connectivity index (χ1n) is 12.5. The Kier molecular flexibility index (Phi) is 6.61. The predicted molar refractivity (Wildman–Crippen MR) is 151 cm³/mol. The zero-order chi connectivity index (χ0) is 29.1. The molecular weight excluding hydrogens is 591 g/mol. The summed E-state index contributed by atoms with van der Waals surface area (Å²) in [5.41, 5.74) is 1.31. The van der Waals surface area contributed by atoms with Gasteiger partial charge >= 0.3 is 5.97 Å². The Morgan fingerprint density at radius 2 is 1.71 bits per heavy atom. The number of hydrogen-bond donors (Lipinski definition) is 1. The molecule has 0 bridgehead atoms. The Bertz CT molecular complexity index is 1780. The van der Waals surface area contributed by atoms with Crippen molar-refractivity contribution < 1.29 is 23.1 Å². The van der Waals surface area contributed by atoms with E-state index in [-0.39, 0.29) is 40.4 Å². The van der Waals surface area contributed by atoms with E-state index in [9.17, 15) is 23.1 Å². The monoisotopic (exact) mass is 612 g/mol. The summed E-state index contributed by atoms with van der Waals surface area (Å²) in [6, 6.07) is 10.8. The quantitative estimate of drug-likeness (QED) is 0.329. The van der Waals surface area contributed by atoms with Gasteiger partial charge < -0.3 is 5.11 Å². The first-order valence-corrected chi connectivity index (χ1v) is 14.7. The Labute approximate surface area is 245 Å². The SMILES string of the molecule is CC1(Cc2ccc(-c3cncnc3)cc2)C(=O)N(c2cc(Cl)cc(Cl)c2)c2ncc(S(=O)(=O)N3CCC3C(=O)O)n21. The van der Waals surface area contributed by atoms with Crippen LogP contribution < -0.4 is 4.90 Å². The normalized spacial score (nSPS) is 20.6. The first-order chi connectivity index (χ1) is 19.5. The summed E-state index contributed by atoms with van der Waals surface area (Å²) in [4.78, 5) is 39.6. The van der Waals surface area contributed by atoms with Crippen LogP contribution in [0, 0.1) is 0 Å². The number of halogens is 2. The molecule has 4 heterocycles. The van der Waals surface area contributed by atoms with Crippen LogP contribution >= 0.6 is 23.2 Å². The highest BCUT2D eigenvalue weighted by molar-refractivity contribution is 7.89. The number of aliphatic carboxylic acids is 1. The maximum absolute atomic E-state index is 14.2. The third-order valence-electron chi connectivity index (χ3n) is 7.40. The fourth-order valence-corrected chi connectivity index (χ4v) is 7.62. The van der Waals surface area contributed by atoms with Gasteiger partial charge in [0.25, 0.3) is 15.9 Å². The number of aromatic nitrogens is 4. The minimum Gasteiger partial charge on any atom is -0.480 e. The number of carboxylic acid groups (broad SMARTS) is 1. The molecule has 14 heteroatoms. The molecule has 1 fully saturated rings. The van der Waals surface area contributed by atoms with Crippen LogP contribution in [0.5, 0.6) is 0 Å². The number of benzene rings is 2. The summed E-state index contributed by atoms with van der Waals surface area (Å²) in [6.45, 7) is 1.68. The topological polar surface area (TPSA) is 139 Å². The van der Waals surface area contributed by atoms with Crippen LogP contribution in [0.15, 0.2) is 72.4 Å². The summed E-state index contributed by atoms with van der Waals surface area (Å²) in [6.07, 6.45) is 6.27. The van der Waals surface area contributed by atoms with Gasteiger partial charge in [0.05, 0.1) is 11.9 Å². The van der Waals surface area contributed by atoms with Crippen LogP contribution in [0.4, 0.5) is 11.6 Å². The number of imidazole rings is 1. The van der Waals surface area contributed by atoms with Crippen LogP contribution in [-0.2, 0) is 31.6 Å². The zero-order valence-electron chi connectivity index (χ0n) is 21.5. The Balaban J connectivity index is 1.46. The molecule has 0 radical (unpaired) electrons. The number of anilines is 2. The molecule has 1 N–H and O–H groups in total. The zero-order valence-corrected chi connectivity index (χ0v) is 23.8. The average Bonchev–Trinajstić information content (AvgIpc) is 3.42. The van der Waals surface area contributed by atoms with E-state index in [0.717, 1.165) is 27.2 Å². The molecule has 1 saturated heterocycles. The van der Waals surface area contributed by atoms with Gasteiger partial charge in [0.15, 0.2) is 5.03 Å². The number of rotatable bonds is 7. The highest BCUT2D eigenvalue weighted by Crippen LogP contribution is 2.45. The van der Waals surface area contributed by atoms with Crippen molar-refractivity contribution >= 4 is 56.7 Å². The number of fused-ring (bicyclic) bond motifs is 1. The van der Waals surface area contributed by atoms with E-state index in [1.165, 1.54) is 34.0 Å². The average molecular weight is 613 g/mol. The molecule has 0 spiro atoms. The third-order valence-corrected chi connectivity index (χ3v) is 9.71. The van der Waals surface area contributed by atoms with Gasteiger partial charge in [0, 0.05) is 41.0 Å². The molecule has 2 unspecified atom stereocenters. The van der Waals surface area contributed by atoms with Crippen molar-refractivity contribution in [2.45, 2.75) is 36.4 Å². The van der Waals surface area contributed by atoms with E-state index >= 15 is 0 Å². The van der Waals surface area contributed by atoms with E-state index in [0.29, 0.717) is 5.69 Å². The Morgan fingerprint density at radius 1 is 1.05 bits per heavy atom. The lowest BCUT2D eigenvalue weighted by Gasteiger charge is -2.37. The minimum absolute atomic E-state index is 0.0444. The molecule has 11 nitrogen and oxygen atoms in total. The van der Waals surface area contributed by atoms with E-state index in [4.69, 9.17) is 23.2 Å². The number of carbonyl (C=O) groups is 2. The number of nitrogens with zero attached hydrogens (tertiary/aromatic N) is 6. The number of carboxylic acids is 1. The molecule has 2 aromatic carbocycles. The molecule has 41 heavy (non-hydrogen) atoms. The lowest BCUT2D eigenvalue weighted by molar-refractivity contribution is -0.144. The molecule has 2 aromatic heterocycles. The highest BCUT2D eigenvalue weighted by Gasteiger charge is 2.54. The van der Waals surface area contributed by atoms with Gasteiger partial charge in [-0.05, 0) is 42.7 Å². The Hall–Kier alpha value is -3.84. The van der Waals surface area contributed by atoms with Crippen molar-refractivity contribution in [1.29, 1.82) is 0 Å². The van der Waals surface area contributed by atoms with Gasteiger partial charge in [-0.3, -0.25) is 14.2 Å². The fraction of sp³-hybridized carbons (Fsp3) is 0.222. The van der Waals surface area contributed by atoms with Crippen LogP contribution in [0.2, 0.25) is 10.0 Å². The second kappa shape index (κ2) is 9.91. The van der Waals surface area contributed by atoms with E-state index in [2.05, 4.69) is 15.0 Å². The molecular formula is C27H22Cl2N6O5S. The molecule has 0 aliphatic carbocycles. The maximum atomic E-state index is 14.2. The first kappa shape index (κ1) is 27.3. The van der Waals surface area contributed by atoms with Crippen molar-refractivity contribution in [1.82, 2.24) is 23.8 Å². The second-order valence-corrected chi connectivity index (χ2v) is 12.7. The van der Waals surface area contributed by atoms with Gasteiger partial charge in [-0.25, -0.2) is 28.3 Å². The molecule has 2 aliphatic rings. The molecule has 2 atom stereocenters. The molecule has 0 saturated carbocycles. The molecule has 2 aliphatic heterocycles. The van der Waals surface area contributed by atoms with Crippen molar-refractivity contribution in [3.8, 4) is 11.1 Å². The number of amides is 1. The standard InChI is InChI=1S/C27H22Cl2N6O5S/c1-27(11-16-2-4-17(5-3-16)18-12-30-15-31-13-18)25(38)34(21-9-19(28)8-20(29)10-21)26-32-14-23(35(26)27)41(39,40)33-7-6-22(33)24(36)37/h2-5,8-10,12-15,22H,6-7,11H2,1H3,(H,36,37). The van der Waals surface area contributed by atoms with Crippen LogP contribution in [0.25, 0.3) is 11.1 Å². The van der Waals surface area contributed by atoms with Crippen molar-refractivity contribution in [2.75, 3.05) is 11.4 Å². The molecule has 4 aromatic rings. The largest absolute Gasteiger partial charge is 0.480 e. The van der Waals surface area contributed by atoms with Crippen molar-refractivity contribution in [3.05, 3.63) is 83.0 Å². The molecule has 1 amide bonds. The van der Waals surface area contributed by atoms with E-state index in [1.807, 2.05) is 24.3 Å². The van der Waals surface area contributed by atoms with Crippen LogP contribution in [-0.4, -0.2) is 61.8 Å². The highest BCUT2D eigenvalue weighted by atomic mass is 35.5. The number of hydrogen-bond acceptors (Lipinski definition) is 7. The van der Waals surface area contributed by atoms with Crippen LogP contribution in [0.3, 0.4) is 0 Å². The molecule has 210 valence electrons. The summed E-state index contributed by atoms with van der Waals surface area (Å²) in [7, 11) is -4.32. The minimum atomic E-state index is -4.32. The number of carbonyl (C=O) groups excluding carboxylic acids is 1. The summed E-state index contributed by atoms with van der Waals surface area (Å²) >= 11 is 12.5. The lowest BCUT2D eigenvalue weighted by Crippen LogP contribution is -2.55. The van der Waals surface area contributed by atoms with Crippen LogP contribution in [0.1, 0.15) is 18.9 Å². The third kappa shape index (κ3) is 4.47. The second-order valence-electron chi connectivity index (χ2n) is 10.0.